The molecule has 0 spiro atoms. The van der Waals surface area contributed by atoms with Gasteiger partial charge in [-0.1, -0.05) is 0 Å². The summed E-state index contributed by atoms with van der Waals surface area (Å²) in [4.78, 5) is 0. The zero-order valence-corrected chi connectivity index (χ0v) is 13.8. The summed E-state index contributed by atoms with van der Waals surface area (Å²) in [5.41, 5.74) is 3.48. The highest BCUT2D eigenvalue weighted by atomic mass is 16.5. The van der Waals surface area contributed by atoms with E-state index in [2.05, 4.69) is 42.5 Å². The highest BCUT2D eigenvalue weighted by Gasteiger charge is 2.31. The van der Waals surface area contributed by atoms with Gasteiger partial charge in [-0.2, -0.15) is 10.2 Å². The van der Waals surface area contributed by atoms with Gasteiger partial charge in [0.15, 0.2) is 0 Å². The molecule has 120 valence electrons. The second-order valence-corrected chi connectivity index (χ2v) is 6.26. The summed E-state index contributed by atoms with van der Waals surface area (Å²) in [7, 11) is 1.96. The number of nitrogens with one attached hydrogen (secondary N) is 1. The maximum atomic E-state index is 5.91. The molecule has 6 nitrogen and oxygen atoms in total. The molecular formula is C16H25N5O. The highest BCUT2D eigenvalue weighted by Crippen LogP contribution is 2.29. The molecule has 6 heteroatoms. The maximum absolute atomic E-state index is 5.91. The molecule has 1 fully saturated rings. The number of ether oxygens (including phenoxy) is 1. The minimum Gasteiger partial charge on any atom is -0.370 e. The molecule has 0 aliphatic carbocycles. The fourth-order valence-corrected chi connectivity index (χ4v) is 2.95. The van der Waals surface area contributed by atoms with Crippen LogP contribution in [0, 0.1) is 6.92 Å². The van der Waals surface area contributed by atoms with E-state index in [9.17, 15) is 0 Å². The van der Waals surface area contributed by atoms with Crippen LogP contribution < -0.4 is 5.32 Å². The molecule has 0 unspecified atom stereocenters. The lowest BCUT2D eigenvalue weighted by Crippen LogP contribution is -2.32. The zero-order chi connectivity index (χ0) is 15.7. The lowest BCUT2D eigenvalue weighted by Gasteiger charge is -2.20. The second kappa shape index (κ2) is 6.22. The van der Waals surface area contributed by atoms with E-state index in [1.807, 2.05) is 28.7 Å². The highest BCUT2D eigenvalue weighted by molar-refractivity contribution is 5.16. The van der Waals surface area contributed by atoms with Crippen LogP contribution in [0.1, 0.15) is 49.4 Å². The van der Waals surface area contributed by atoms with Gasteiger partial charge < -0.3 is 10.1 Å². The molecule has 0 saturated carbocycles. The van der Waals surface area contributed by atoms with Gasteiger partial charge in [-0.3, -0.25) is 9.36 Å². The van der Waals surface area contributed by atoms with Crippen LogP contribution >= 0.6 is 0 Å². The van der Waals surface area contributed by atoms with Gasteiger partial charge in [-0.15, -0.1) is 0 Å². The van der Waals surface area contributed by atoms with Crippen molar-refractivity contribution >= 4 is 0 Å². The molecular weight excluding hydrogens is 278 g/mol. The van der Waals surface area contributed by atoms with Crippen molar-refractivity contribution in [1.82, 2.24) is 24.9 Å². The number of nitrogens with zero attached hydrogens (tertiary/aromatic N) is 4. The van der Waals surface area contributed by atoms with Crippen LogP contribution in [0.4, 0.5) is 0 Å². The molecule has 0 aromatic carbocycles. The third-order valence-electron chi connectivity index (χ3n) is 4.34. The first-order valence-corrected chi connectivity index (χ1v) is 7.93. The minimum absolute atomic E-state index is 0.0768. The number of hydrogen-bond donors (Lipinski definition) is 1. The van der Waals surface area contributed by atoms with Crippen LogP contribution in [0.3, 0.4) is 0 Å². The summed E-state index contributed by atoms with van der Waals surface area (Å²) in [5, 5.41) is 12.5. The van der Waals surface area contributed by atoms with E-state index in [0.717, 1.165) is 31.0 Å². The van der Waals surface area contributed by atoms with Gasteiger partial charge in [0.25, 0.3) is 0 Å². The largest absolute Gasteiger partial charge is 0.370 e. The van der Waals surface area contributed by atoms with Crippen LogP contribution in [0.15, 0.2) is 18.5 Å². The molecule has 1 saturated heterocycles. The number of rotatable bonds is 5. The summed E-state index contributed by atoms with van der Waals surface area (Å²) in [5.74, 6) is 0. The second-order valence-electron chi connectivity index (χ2n) is 6.26. The van der Waals surface area contributed by atoms with Gasteiger partial charge >= 0.3 is 0 Å². The lowest BCUT2D eigenvalue weighted by molar-refractivity contribution is 0.0919. The van der Waals surface area contributed by atoms with Crippen LogP contribution in [-0.2, 0) is 18.3 Å². The van der Waals surface area contributed by atoms with E-state index in [-0.39, 0.29) is 6.10 Å². The smallest absolute Gasteiger partial charge is 0.114 e. The predicted octanol–water partition coefficient (Wildman–Crippen LogP) is 2.13. The van der Waals surface area contributed by atoms with Gasteiger partial charge in [-0.25, -0.2) is 0 Å². The van der Waals surface area contributed by atoms with E-state index in [0.29, 0.717) is 12.1 Å². The predicted molar refractivity (Wildman–Crippen MR) is 84.5 cm³/mol. The third-order valence-corrected chi connectivity index (χ3v) is 4.34. The quantitative estimate of drug-likeness (QED) is 0.919. The summed E-state index contributed by atoms with van der Waals surface area (Å²) in [6.07, 6.45) is 5.06. The molecule has 3 rings (SSSR count). The van der Waals surface area contributed by atoms with Crippen molar-refractivity contribution < 1.29 is 4.74 Å². The molecule has 3 heterocycles. The van der Waals surface area contributed by atoms with Gasteiger partial charge in [-0.05, 0) is 33.3 Å². The van der Waals surface area contributed by atoms with Crippen LogP contribution in [0.2, 0.25) is 0 Å². The van der Waals surface area contributed by atoms with Crippen molar-refractivity contribution in [2.45, 2.75) is 51.9 Å². The Kier molecular flexibility index (Phi) is 4.31. The van der Waals surface area contributed by atoms with Gasteiger partial charge in [0, 0.05) is 50.2 Å². The molecule has 2 aromatic heterocycles. The average molecular weight is 303 g/mol. The topological polar surface area (TPSA) is 56.9 Å². The molecule has 1 N–H and O–H groups in total. The van der Waals surface area contributed by atoms with Gasteiger partial charge in [0.2, 0.25) is 0 Å². The van der Waals surface area contributed by atoms with E-state index in [1.54, 1.807) is 0 Å². The molecule has 1 aliphatic heterocycles. The Bertz CT molecular complexity index is 630. The summed E-state index contributed by atoms with van der Waals surface area (Å²) >= 11 is 0. The first-order chi connectivity index (χ1) is 10.6. The van der Waals surface area contributed by atoms with Crippen LogP contribution in [0.5, 0.6) is 0 Å². The number of hydrogen-bond acceptors (Lipinski definition) is 4. The van der Waals surface area contributed by atoms with Crippen molar-refractivity contribution in [3.8, 4) is 0 Å². The monoisotopic (exact) mass is 303 g/mol. The molecule has 1 aliphatic rings. The number of aryl methyl sites for hydroxylation is 2. The molecule has 0 amide bonds. The Labute approximate surface area is 131 Å². The number of aromatic nitrogens is 4. The fraction of sp³-hybridized carbons (Fsp3) is 0.625. The van der Waals surface area contributed by atoms with Crippen molar-refractivity contribution in [3.05, 3.63) is 35.4 Å². The van der Waals surface area contributed by atoms with E-state index >= 15 is 0 Å². The first-order valence-electron chi connectivity index (χ1n) is 7.93. The van der Waals surface area contributed by atoms with Crippen molar-refractivity contribution in [3.63, 3.8) is 0 Å². The van der Waals surface area contributed by atoms with E-state index < -0.39 is 0 Å². The molecule has 0 bridgehead atoms. The Morgan fingerprint density at radius 2 is 2.27 bits per heavy atom. The molecule has 2 aromatic rings. The standard InChI is InChI=1S/C16H25N5O/c1-11(2)21-10-13(12(3)19-21)9-17-14-6-8-22-16(14)15-5-7-18-20(15)4/h5,7,10-11,14,16-17H,6,8-9H2,1-4H3/t14-,16-/m0/s1. The van der Waals surface area contributed by atoms with Crippen LogP contribution in [-0.4, -0.2) is 32.2 Å². The molecule has 22 heavy (non-hydrogen) atoms. The van der Waals surface area contributed by atoms with Gasteiger partial charge in [0.05, 0.1) is 11.4 Å². The molecule has 2 atom stereocenters. The first kappa shape index (κ1) is 15.2. The van der Waals surface area contributed by atoms with Crippen molar-refractivity contribution in [2.75, 3.05) is 6.61 Å². The van der Waals surface area contributed by atoms with Gasteiger partial charge in [0.1, 0.15) is 6.10 Å². The Balaban J connectivity index is 1.67. The third kappa shape index (κ3) is 2.94. The average Bonchev–Trinajstić information content (AvgIpc) is 3.16. The maximum Gasteiger partial charge on any atom is 0.114 e. The molecule has 0 radical (unpaired) electrons. The fourth-order valence-electron chi connectivity index (χ4n) is 2.95. The summed E-state index contributed by atoms with van der Waals surface area (Å²) < 4.78 is 9.83. The van der Waals surface area contributed by atoms with Crippen molar-refractivity contribution in [2.24, 2.45) is 7.05 Å². The van der Waals surface area contributed by atoms with Crippen LogP contribution in [0.25, 0.3) is 0 Å². The van der Waals surface area contributed by atoms with Crippen molar-refractivity contribution in [1.29, 1.82) is 0 Å². The summed E-state index contributed by atoms with van der Waals surface area (Å²) in [6.45, 7) is 7.97. The van der Waals surface area contributed by atoms with E-state index in [1.165, 1.54) is 5.56 Å². The minimum atomic E-state index is 0.0768. The Morgan fingerprint density at radius 1 is 1.45 bits per heavy atom. The lowest BCUT2D eigenvalue weighted by atomic mass is 10.1. The Hall–Kier alpha value is -1.66. The SMILES string of the molecule is Cc1nn(C(C)C)cc1CN[C@H]1CCO[C@@H]1c1ccnn1C. The Morgan fingerprint density at radius 3 is 2.91 bits per heavy atom. The summed E-state index contributed by atoms with van der Waals surface area (Å²) in [6, 6.07) is 2.74. The van der Waals surface area contributed by atoms with E-state index in [4.69, 9.17) is 4.74 Å². The normalized spacial score (nSPS) is 21.9. The zero-order valence-electron chi connectivity index (χ0n) is 13.8.